The number of carbonyl (C=O) groups is 1. The molecule has 0 atom stereocenters. The van der Waals surface area contributed by atoms with E-state index in [0.29, 0.717) is 6.61 Å². The highest BCUT2D eigenvalue weighted by Gasteiger charge is 2.45. The van der Waals surface area contributed by atoms with Crippen molar-refractivity contribution in [2.45, 2.75) is 105 Å². The Morgan fingerprint density at radius 1 is 0.804 bits per heavy atom. The summed E-state index contributed by atoms with van der Waals surface area (Å²) in [7, 11) is 0. The van der Waals surface area contributed by atoms with Gasteiger partial charge < -0.3 is 9.64 Å². The van der Waals surface area contributed by atoms with E-state index in [-0.39, 0.29) is 24.2 Å². The number of esters is 1. The number of benzene rings is 4. The van der Waals surface area contributed by atoms with Crippen molar-refractivity contribution in [3.63, 3.8) is 0 Å². The molecule has 2 aliphatic rings. The van der Waals surface area contributed by atoms with Gasteiger partial charge in [-0.2, -0.15) is 4.58 Å². The van der Waals surface area contributed by atoms with Crippen LogP contribution in [0.15, 0.2) is 108 Å². The molecule has 268 valence electrons. The zero-order valence-electron chi connectivity index (χ0n) is 31.3. The second-order valence-electron chi connectivity index (χ2n) is 15.1. The molecule has 0 amide bonds. The van der Waals surface area contributed by atoms with Gasteiger partial charge in [0.25, 0.3) is 0 Å². The van der Waals surface area contributed by atoms with Crippen molar-refractivity contribution in [2.24, 2.45) is 0 Å². The first-order valence-electron chi connectivity index (χ1n) is 18.8. The molecule has 2 heterocycles. The van der Waals surface area contributed by atoms with Crippen molar-refractivity contribution in [3.8, 4) is 0 Å². The van der Waals surface area contributed by atoms with Crippen LogP contribution in [0.4, 0.5) is 11.4 Å². The number of hydrogen-bond acceptors (Lipinski definition) is 3. The lowest BCUT2D eigenvalue weighted by molar-refractivity contribution is -0.438. The lowest BCUT2D eigenvalue weighted by Gasteiger charge is -2.27. The molecule has 0 unspecified atom stereocenters. The van der Waals surface area contributed by atoms with E-state index in [9.17, 15) is 4.79 Å². The Balaban J connectivity index is 0.00000504. The van der Waals surface area contributed by atoms with Crippen LogP contribution >= 0.6 is 0 Å². The first-order chi connectivity index (χ1) is 24.1. The standard InChI is InChI=1S/C46H55N2O2.CH4/c1-8-10-30-47-39-26-24-35-18-12-14-20-37(35)43(39)45(4,5)41(47)28-22-34(17-16-32-50-33(3)49)23-29-42-46(6,7)44-38-21-15-13-19-36(38)25-27-40(44)48(42)31-11-9-2;/h12-15,18-29H,8-11,16-17,30-32H2,1-7H3;1H4/q+1;. The highest BCUT2D eigenvalue weighted by molar-refractivity contribution is 6.07. The topological polar surface area (TPSA) is 32.5 Å². The maximum absolute atomic E-state index is 11.6. The number of unbranched alkanes of at least 4 members (excludes halogenated alkanes) is 2. The van der Waals surface area contributed by atoms with Gasteiger partial charge in [0.2, 0.25) is 5.69 Å². The molecule has 4 aromatic rings. The Morgan fingerprint density at radius 2 is 1.45 bits per heavy atom. The lowest BCUT2D eigenvalue weighted by Crippen LogP contribution is -2.28. The summed E-state index contributed by atoms with van der Waals surface area (Å²) in [6.45, 7) is 17.9. The van der Waals surface area contributed by atoms with Crippen molar-refractivity contribution in [2.75, 3.05) is 24.6 Å². The number of allylic oxidation sites excluding steroid dienone is 6. The maximum atomic E-state index is 11.6. The fourth-order valence-electron chi connectivity index (χ4n) is 8.27. The van der Waals surface area contributed by atoms with Gasteiger partial charge in [-0.05, 0) is 84.0 Å². The summed E-state index contributed by atoms with van der Waals surface area (Å²) in [5.41, 5.74) is 9.07. The highest BCUT2D eigenvalue weighted by Crippen LogP contribution is 2.51. The van der Waals surface area contributed by atoms with Crippen LogP contribution in [0.1, 0.15) is 106 Å². The average Bonchev–Trinajstić information content (AvgIpc) is 3.46. The van der Waals surface area contributed by atoms with Gasteiger partial charge in [-0.1, -0.05) is 115 Å². The first-order valence-corrected chi connectivity index (χ1v) is 18.8. The summed E-state index contributed by atoms with van der Waals surface area (Å²) >= 11 is 0. The smallest absolute Gasteiger partial charge is 0.302 e. The molecule has 51 heavy (non-hydrogen) atoms. The minimum absolute atomic E-state index is 0. The third kappa shape index (κ3) is 7.34. The fourth-order valence-corrected chi connectivity index (χ4v) is 8.27. The van der Waals surface area contributed by atoms with Gasteiger partial charge in [-0.3, -0.25) is 4.79 Å². The molecule has 2 aliphatic heterocycles. The monoisotopic (exact) mass is 683 g/mol. The zero-order chi connectivity index (χ0) is 35.5. The predicted octanol–water partition coefficient (Wildman–Crippen LogP) is 12.1. The van der Waals surface area contributed by atoms with E-state index in [0.717, 1.165) is 51.6 Å². The van der Waals surface area contributed by atoms with Crippen molar-refractivity contribution >= 4 is 44.6 Å². The number of nitrogens with zero attached hydrogens (tertiary/aromatic N) is 2. The quantitative estimate of drug-likeness (QED) is 0.0608. The van der Waals surface area contributed by atoms with Crippen LogP contribution < -0.4 is 4.90 Å². The van der Waals surface area contributed by atoms with Crippen molar-refractivity contribution in [3.05, 3.63) is 119 Å². The molecule has 0 saturated heterocycles. The van der Waals surface area contributed by atoms with E-state index in [1.807, 2.05) is 0 Å². The minimum Gasteiger partial charge on any atom is -0.466 e. The lowest BCUT2D eigenvalue weighted by atomic mass is 9.79. The van der Waals surface area contributed by atoms with Gasteiger partial charge in [-0.25, -0.2) is 0 Å². The van der Waals surface area contributed by atoms with Crippen molar-refractivity contribution < 1.29 is 14.1 Å². The van der Waals surface area contributed by atoms with E-state index in [2.05, 4.69) is 148 Å². The number of rotatable bonds is 13. The van der Waals surface area contributed by atoms with Gasteiger partial charge in [0.05, 0.1) is 12.0 Å². The Labute approximate surface area is 307 Å². The zero-order valence-corrected chi connectivity index (χ0v) is 31.3. The summed E-state index contributed by atoms with van der Waals surface area (Å²) in [6.07, 6.45) is 15.6. The van der Waals surface area contributed by atoms with Gasteiger partial charge >= 0.3 is 5.97 Å². The number of ether oxygens (including phenoxy) is 1. The Bertz CT molecular complexity index is 2020. The van der Waals surface area contributed by atoms with E-state index >= 15 is 0 Å². The Hall–Kier alpha value is -4.44. The van der Waals surface area contributed by atoms with Crippen LogP contribution in [0.3, 0.4) is 0 Å². The Kier molecular flexibility index (Phi) is 11.7. The number of hydrogen-bond donors (Lipinski definition) is 0. The molecule has 4 aromatic carbocycles. The SMILES string of the molecule is C.CCCCN1\C(=C/C=C(/C=C/C2=[N+](CCCC)c3ccc4ccccc4c3C2(C)C)CCCOC(C)=O)C(C)(C)c2c1ccc1ccccc21. The minimum atomic E-state index is -0.225. The van der Waals surface area contributed by atoms with Gasteiger partial charge in [0.15, 0.2) is 5.71 Å². The van der Waals surface area contributed by atoms with E-state index < -0.39 is 0 Å². The maximum Gasteiger partial charge on any atom is 0.302 e. The molecule has 0 saturated carbocycles. The van der Waals surface area contributed by atoms with Crippen LogP contribution in [0.2, 0.25) is 0 Å². The van der Waals surface area contributed by atoms with Crippen LogP contribution in [-0.2, 0) is 20.4 Å². The largest absolute Gasteiger partial charge is 0.466 e. The third-order valence-corrected chi connectivity index (χ3v) is 10.8. The van der Waals surface area contributed by atoms with Crippen LogP contribution in [0, 0.1) is 0 Å². The van der Waals surface area contributed by atoms with Crippen molar-refractivity contribution in [1.29, 1.82) is 0 Å². The number of fused-ring (bicyclic) bond motifs is 6. The van der Waals surface area contributed by atoms with Crippen molar-refractivity contribution in [1.82, 2.24) is 0 Å². The number of carbonyl (C=O) groups excluding carboxylic acids is 1. The highest BCUT2D eigenvalue weighted by atomic mass is 16.5. The molecule has 0 spiro atoms. The second-order valence-corrected chi connectivity index (χ2v) is 15.1. The average molecular weight is 684 g/mol. The normalized spacial score (nSPS) is 17.0. The second kappa shape index (κ2) is 15.8. The molecular weight excluding hydrogens is 625 g/mol. The summed E-state index contributed by atoms with van der Waals surface area (Å²) in [4.78, 5) is 14.2. The Morgan fingerprint density at radius 3 is 2.12 bits per heavy atom. The molecule has 6 rings (SSSR count). The van der Waals surface area contributed by atoms with E-state index in [4.69, 9.17) is 4.74 Å². The molecule has 0 bridgehead atoms. The summed E-state index contributed by atoms with van der Waals surface area (Å²) in [5.74, 6) is -0.225. The fraction of sp³-hybridized carbons (Fsp3) is 0.404. The number of anilines is 1. The third-order valence-electron chi connectivity index (χ3n) is 10.8. The summed E-state index contributed by atoms with van der Waals surface area (Å²) < 4.78 is 7.94. The molecule has 4 nitrogen and oxygen atoms in total. The van der Waals surface area contributed by atoms with E-state index in [1.165, 1.54) is 68.0 Å². The molecule has 0 fully saturated rings. The van der Waals surface area contributed by atoms with Crippen LogP contribution in [-0.4, -0.2) is 36.0 Å². The molecule has 0 N–H and O–H groups in total. The van der Waals surface area contributed by atoms with Gasteiger partial charge in [0.1, 0.15) is 6.54 Å². The first kappa shape index (κ1) is 37.8. The summed E-state index contributed by atoms with van der Waals surface area (Å²) in [6, 6.07) is 26.8. The molecule has 0 radical (unpaired) electrons. The van der Waals surface area contributed by atoms with Crippen LogP contribution in [0.5, 0.6) is 0 Å². The molecule has 4 heteroatoms. The summed E-state index contributed by atoms with van der Waals surface area (Å²) in [5, 5.41) is 5.26. The van der Waals surface area contributed by atoms with Crippen LogP contribution in [0.25, 0.3) is 21.5 Å². The van der Waals surface area contributed by atoms with E-state index in [1.54, 1.807) is 0 Å². The van der Waals surface area contributed by atoms with Gasteiger partial charge in [-0.15, -0.1) is 0 Å². The van der Waals surface area contributed by atoms with Gasteiger partial charge in [0, 0.05) is 54.4 Å². The molecule has 0 aromatic heterocycles. The molecule has 0 aliphatic carbocycles. The predicted molar refractivity (Wildman–Crippen MR) is 219 cm³/mol. The molecular formula is C47H59N2O2+.